The minimum atomic E-state index is -0.350. The molecule has 3 aromatic rings. The molecule has 2 heterocycles. The number of fused-ring (bicyclic) bond motifs is 1. The van der Waals surface area contributed by atoms with Gasteiger partial charge in [-0.05, 0) is 32.0 Å². The van der Waals surface area contributed by atoms with E-state index in [1.807, 2.05) is 32.0 Å². The maximum absolute atomic E-state index is 12.2. The van der Waals surface area contributed by atoms with E-state index in [0.717, 1.165) is 28.6 Å². The molecule has 0 atom stereocenters. The van der Waals surface area contributed by atoms with Crippen molar-refractivity contribution in [1.29, 1.82) is 0 Å². The summed E-state index contributed by atoms with van der Waals surface area (Å²) in [6, 6.07) is 7.27. The van der Waals surface area contributed by atoms with Crippen molar-refractivity contribution in [2.24, 2.45) is 0 Å². The lowest BCUT2D eigenvalue weighted by molar-refractivity contribution is 0.101. The van der Waals surface area contributed by atoms with Gasteiger partial charge in [-0.1, -0.05) is 6.07 Å². The van der Waals surface area contributed by atoms with Gasteiger partial charge in [0.15, 0.2) is 0 Å². The average molecular weight is 285 g/mol. The quantitative estimate of drug-likeness (QED) is 0.781. The van der Waals surface area contributed by atoms with Crippen molar-refractivity contribution < 1.29 is 4.79 Å². The average Bonchev–Trinajstić information content (AvgIpc) is 2.87. The molecule has 1 amide bonds. The standard InChI is InChI=1S/C13H11N5OS/c1-7-6-8(2)15-12(14-7)13(19)16-9-4-3-5-10-11(9)18-20-17-10/h3-6H,1-2H3,(H,16,19). The molecule has 0 bridgehead atoms. The van der Waals surface area contributed by atoms with Crippen molar-refractivity contribution in [2.45, 2.75) is 13.8 Å². The van der Waals surface area contributed by atoms with E-state index in [1.54, 1.807) is 6.07 Å². The monoisotopic (exact) mass is 285 g/mol. The fourth-order valence-electron chi connectivity index (χ4n) is 1.91. The molecule has 0 fully saturated rings. The fraction of sp³-hybridized carbons (Fsp3) is 0.154. The third-order valence-electron chi connectivity index (χ3n) is 2.72. The Morgan fingerprint density at radius 2 is 1.90 bits per heavy atom. The molecule has 2 aromatic heterocycles. The van der Waals surface area contributed by atoms with Crippen LogP contribution in [0.3, 0.4) is 0 Å². The van der Waals surface area contributed by atoms with Crippen LogP contribution >= 0.6 is 11.7 Å². The lowest BCUT2D eigenvalue weighted by atomic mass is 10.2. The number of hydrogen-bond donors (Lipinski definition) is 1. The van der Waals surface area contributed by atoms with Gasteiger partial charge < -0.3 is 5.32 Å². The summed E-state index contributed by atoms with van der Waals surface area (Å²) < 4.78 is 8.31. The number of carbonyl (C=O) groups excluding carboxylic acids is 1. The van der Waals surface area contributed by atoms with Crippen LogP contribution in [0.25, 0.3) is 11.0 Å². The number of amides is 1. The van der Waals surface area contributed by atoms with Crippen LogP contribution in [0.4, 0.5) is 5.69 Å². The molecule has 7 heteroatoms. The summed E-state index contributed by atoms with van der Waals surface area (Å²) in [6.45, 7) is 3.66. The first-order valence-corrected chi connectivity index (χ1v) is 6.71. The van der Waals surface area contributed by atoms with Crippen molar-refractivity contribution in [3.8, 4) is 0 Å². The van der Waals surface area contributed by atoms with Gasteiger partial charge in [0.25, 0.3) is 5.91 Å². The van der Waals surface area contributed by atoms with Crippen LogP contribution in [-0.2, 0) is 0 Å². The molecule has 1 aromatic carbocycles. The van der Waals surface area contributed by atoms with Crippen LogP contribution in [0.5, 0.6) is 0 Å². The molecular weight excluding hydrogens is 274 g/mol. The molecular formula is C13H11N5OS. The summed E-state index contributed by atoms with van der Waals surface area (Å²) in [6.07, 6.45) is 0. The van der Waals surface area contributed by atoms with Crippen molar-refractivity contribution in [3.63, 3.8) is 0 Å². The van der Waals surface area contributed by atoms with E-state index in [9.17, 15) is 4.79 Å². The zero-order valence-corrected chi connectivity index (χ0v) is 11.7. The molecule has 0 saturated carbocycles. The number of aryl methyl sites for hydroxylation is 2. The molecule has 0 aliphatic carbocycles. The van der Waals surface area contributed by atoms with E-state index in [4.69, 9.17) is 0 Å². The molecule has 0 radical (unpaired) electrons. The van der Waals surface area contributed by atoms with Gasteiger partial charge in [0, 0.05) is 11.4 Å². The van der Waals surface area contributed by atoms with Crippen LogP contribution in [0.2, 0.25) is 0 Å². The number of aromatic nitrogens is 4. The molecule has 0 aliphatic rings. The number of carbonyl (C=O) groups is 1. The predicted octanol–water partition coefficient (Wildman–Crippen LogP) is 2.35. The third kappa shape index (κ3) is 2.35. The van der Waals surface area contributed by atoms with Crippen molar-refractivity contribution in [2.75, 3.05) is 5.32 Å². The maximum Gasteiger partial charge on any atom is 0.293 e. The van der Waals surface area contributed by atoms with Crippen molar-refractivity contribution in [1.82, 2.24) is 18.7 Å². The summed E-state index contributed by atoms with van der Waals surface area (Å²) in [5.74, 6) is -0.194. The number of anilines is 1. The lowest BCUT2D eigenvalue weighted by Gasteiger charge is -2.05. The highest BCUT2D eigenvalue weighted by molar-refractivity contribution is 7.00. The minimum Gasteiger partial charge on any atom is -0.317 e. The Kier molecular flexibility index (Phi) is 3.11. The molecule has 20 heavy (non-hydrogen) atoms. The van der Waals surface area contributed by atoms with Gasteiger partial charge >= 0.3 is 0 Å². The smallest absolute Gasteiger partial charge is 0.293 e. The van der Waals surface area contributed by atoms with Gasteiger partial charge in [0.05, 0.1) is 17.4 Å². The molecule has 1 N–H and O–H groups in total. The highest BCUT2D eigenvalue weighted by atomic mass is 32.1. The third-order valence-corrected chi connectivity index (χ3v) is 3.26. The molecule has 100 valence electrons. The lowest BCUT2D eigenvalue weighted by Crippen LogP contribution is -2.17. The second kappa shape index (κ2) is 4.93. The summed E-state index contributed by atoms with van der Waals surface area (Å²) in [4.78, 5) is 20.5. The van der Waals surface area contributed by atoms with Crippen LogP contribution < -0.4 is 5.32 Å². The topological polar surface area (TPSA) is 80.7 Å². The summed E-state index contributed by atoms with van der Waals surface area (Å²) in [5, 5.41) is 2.78. The first kappa shape index (κ1) is 12.6. The number of nitrogens with one attached hydrogen (secondary N) is 1. The Labute approximate surface area is 119 Å². The zero-order valence-electron chi connectivity index (χ0n) is 10.9. The number of rotatable bonds is 2. The minimum absolute atomic E-state index is 0.155. The van der Waals surface area contributed by atoms with Crippen LogP contribution in [0.1, 0.15) is 22.0 Å². The van der Waals surface area contributed by atoms with E-state index in [2.05, 4.69) is 24.0 Å². The van der Waals surface area contributed by atoms with E-state index in [1.165, 1.54) is 0 Å². The Hall–Kier alpha value is -2.41. The van der Waals surface area contributed by atoms with Gasteiger partial charge in [-0.15, -0.1) is 0 Å². The summed E-state index contributed by atoms with van der Waals surface area (Å²) in [7, 11) is 0. The number of nitrogens with zero attached hydrogens (tertiary/aromatic N) is 4. The number of benzene rings is 1. The van der Waals surface area contributed by atoms with Gasteiger partial charge in [0.1, 0.15) is 11.0 Å². The molecule has 3 rings (SSSR count). The maximum atomic E-state index is 12.2. The summed E-state index contributed by atoms with van der Waals surface area (Å²) in [5.41, 5.74) is 3.57. The Bertz CT molecular complexity index is 778. The van der Waals surface area contributed by atoms with E-state index in [-0.39, 0.29) is 11.7 Å². The van der Waals surface area contributed by atoms with Crippen LogP contribution in [0, 0.1) is 13.8 Å². The molecule has 0 saturated heterocycles. The van der Waals surface area contributed by atoms with Gasteiger partial charge in [0.2, 0.25) is 5.82 Å². The molecule has 0 spiro atoms. The van der Waals surface area contributed by atoms with Crippen LogP contribution in [0.15, 0.2) is 24.3 Å². The first-order chi connectivity index (χ1) is 9.63. The van der Waals surface area contributed by atoms with Crippen molar-refractivity contribution in [3.05, 3.63) is 41.5 Å². The van der Waals surface area contributed by atoms with Gasteiger partial charge in [-0.2, -0.15) is 8.75 Å². The second-order valence-corrected chi connectivity index (χ2v) is 4.89. The molecule has 6 nitrogen and oxygen atoms in total. The Morgan fingerprint density at radius 3 is 2.65 bits per heavy atom. The normalized spacial score (nSPS) is 10.7. The molecule has 0 aliphatic heterocycles. The highest BCUT2D eigenvalue weighted by Crippen LogP contribution is 2.21. The van der Waals surface area contributed by atoms with Crippen LogP contribution in [-0.4, -0.2) is 24.6 Å². The SMILES string of the molecule is Cc1cc(C)nc(C(=O)Nc2cccc3nsnc23)n1. The highest BCUT2D eigenvalue weighted by Gasteiger charge is 2.13. The molecule has 0 unspecified atom stereocenters. The second-order valence-electron chi connectivity index (χ2n) is 4.37. The van der Waals surface area contributed by atoms with Gasteiger partial charge in [-0.25, -0.2) is 9.97 Å². The Balaban J connectivity index is 1.94. The fourth-order valence-corrected chi connectivity index (χ4v) is 2.46. The van der Waals surface area contributed by atoms with E-state index < -0.39 is 0 Å². The largest absolute Gasteiger partial charge is 0.317 e. The predicted molar refractivity (Wildman–Crippen MR) is 76.9 cm³/mol. The van der Waals surface area contributed by atoms with E-state index in [0.29, 0.717) is 11.2 Å². The van der Waals surface area contributed by atoms with Crippen molar-refractivity contribution >= 4 is 34.4 Å². The number of hydrogen-bond acceptors (Lipinski definition) is 6. The van der Waals surface area contributed by atoms with E-state index >= 15 is 0 Å². The van der Waals surface area contributed by atoms with Gasteiger partial charge in [-0.3, -0.25) is 4.79 Å². The Morgan fingerprint density at radius 1 is 1.15 bits per heavy atom. The first-order valence-electron chi connectivity index (χ1n) is 5.98. The summed E-state index contributed by atoms with van der Waals surface area (Å²) >= 11 is 1.11. The zero-order chi connectivity index (χ0) is 14.1.